The quantitative estimate of drug-likeness (QED) is 0.320. The number of para-hydroxylation sites is 1. The molecule has 0 aromatic heterocycles. The molecule has 0 spiro atoms. The molecule has 0 saturated carbocycles. The number of rotatable bonds is 6. The molecule has 144 valence electrons. The summed E-state index contributed by atoms with van der Waals surface area (Å²) in [7, 11) is 0. The molecule has 2 aromatic carbocycles. The largest absolute Gasteiger partial charge is 0.467 e. The monoisotopic (exact) mass is 386 g/mol. The normalized spacial score (nSPS) is 12.9. The van der Waals surface area contributed by atoms with Crippen LogP contribution in [0.25, 0.3) is 6.08 Å². The van der Waals surface area contributed by atoms with Gasteiger partial charge in [0.15, 0.2) is 6.79 Å². The van der Waals surface area contributed by atoms with E-state index in [-0.39, 0.29) is 36.9 Å². The lowest BCUT2D eigenvalue weighted by atomic mass is 10.1. The van der Waals surface area contributed by atoms with Crippen molar-refractivity contribution in [3.05, 3.63) is 79.4 Å². The van der Waals surface area contributed by atoms with E-state index in [0.717, 1.165) is 6.08 Å². The first-order valence-electron chi connectivity index (χ1n) is 8.04. The first kappa shape index (κ1) is 19.0. The van der Waals surface area contributed by atoms with Gasteiger partial charge < -0.3 is 14.2 Å². The lowest BCUT2D eigenvalue weighted by Gasteiger charge is -2.20. The molecule has 0 N–H and O–H groups in total. The summed E-state index contributed by atoms with van der Waals surface area (Å²) in [6.07, 6.45) is 2.32. The van der Waals surface area contributed by atoms with Crippen molar-refractivity contribution in [2.75, 3.05) is 6.79 Å². The minimum atomic E-state index is -0.759. The summed E-state index contributed by atoms with van der Waals surface area (Å²) in [4.78, 5) is 32.9. The van der Waals surface area contributed by atoms with Gasteiger partial charge in [-0.2, -0.15) is 0 Å². The maximum atomic E-state index is 12.0. The number of nitrogens with zero attached hydrogens (tertiary/aromatic N) is 2. The van der Waals surface area contributed by atoms with Gasteiger partial charge >= 0.3 is 5.97 Å². The Morgan fingerprint density at radius 2 is 1.96 bits per heavy atom. The Kier molecular flexibility index (Phi) is 5.61. The summed E-state index contributed by atoms with van der Waals surface area (Å²) in [5.41, 5.74) is 0.751. The summed E-state index contributed by atoms with van der Waals surface area (Å²) in [6.45, 7) is -0.122. The summed E-state index contributed by atoms with van der Waals surface area (Å²) >= 11 is 0. The second-order valence-electron chi connectivity index (χ2n) is 5.72. The van der Waals surface area contributed by atoms with Crippen LogP contribution in [0.1, 0.15) is 16.7 Å². The average Bonchev–Trinajstić information content (AvgIpc) is 2.70. The molecule has 3 rings (SSSR count). The fraction of sp³-hybridized carbons (Fsp3) is 0.167. The molecule has 0 radical (unpaired) electrons. The summed E-state index contributed by atoms with van der Waals surface area (Å²) in [6, 6.07) is 8.54. The van der Waals surface area contributed by atoms with Crippen molar-refractivity contribution in [3.63, 3.8) is 0 Å². The smallest absolute Gasteiger partial charge is 0.331 e. The van der Waals surface area contributed by atoms with E-state index < -0.39 is 15.8 Å². The third-order valence-electron chi connectivity index (χ3n) is 3.88. The van der Waals surface area contributed by atoms with Crippen LogP contribution in [0, 0.1) is 20.2 Å². The average molecular weight is 386 g/mol. The molecule has 0 aliphatic carbocycles. The van der Waals surface area contributed by atoms with E-state index in [1.54, 1.807) is 6.07 Å². The van der Waals surface area contributed by atoms with E-state index in [0.29, 0.717) is 16.9 Å². The Labute approximate surface area is 158 Å². The van der Waals surface area contributed by atoms with Gasteiger partial charge in [-0.1, -0.05) is 12.1 Å². The highest BCUT2D eigenvalue weighted by molar-refractivity contribution is 5.88. The van der Waals surface area contributed by atoms with E-state index in [1.165, 1.54) is 36.4 Å². The fourth-order valence-electron chi connectivity index (χ4n) is 2.64. The number of nitro benzene ring substituents is 2. The molecule has 1 aliphatic rings. The number of carbonyl (C=O) groups excluding carboxylic acids is 1. The molecule has 2 aromatic rings. The predicted octanol–water partition coefficient (Wildman–Crippen LogP) is 3.13. The number of ether oxygens (including phenoxy) is 3. The lowest BCUT2D eigenvalue weighted by molar-refractivity contribution is -0.385. The number of fused-ring (bicyclic) bond motifs is 1. The zero-order chi connectivity index (χ0) is 20.1. The second-order valence-corrected chi connectivity index (χ2v) is 5.72. The Balaban J connectivity index is 1.74. The van der Waals surface area contributed by atoms with Gasteiger partial charge in [-0.3, -0.25) is 20.2 Å². The van der Waals surface area contributed by atoms with Crippen molar-refractivity contribution >= 4 is 23.4 Å². The van der Waals surface area contributed by atoms with Gasteiger partial charge in [-0.15, -0.1) is 0 Å². The van der Waals surface area contributed by atoms with Crippen LogP contribution in [-0.4, -0.2) is 22.6 Å². The highest BCUT2D eigenvalue weighted by Gasteiger charge is 2.21. The van der Waals surface area contributed by atoms with Gasteiger partial charge in [0.05, 0.1) is 22.0 Å². The highest BCUT2D eigenvalue weighted by Crippen LogP contribution is 2.33. The van der Waals surface area contributed by atoms with Crippen molar-refractivity contribution in [3.8, 4) is 5.75 Å². The highest BCUT2D eigenvalue weighted by atomic mass is 16.7. The van der Waals surface area contributed by atoms with Crippen LogP contribution in [0.2, 0.25) is 0 Å². The molecule has 28 heavy (non-hydrogen) atoms. The van der Waals surface area contributed by atoms with Crippen molar-refractivity contribution in [1.82, 2.24) is 0 Å². The molecular weight excluding hydrogens is 372 g/mol. The molecule has 0 atom stereocenters. The molecule has 1 heterocycles. The van der Waals surface area contributed by atoms with E-state index in [1.807, 2.05) is 0 Å². The van der Waals surface area contributed by atoms with Gasteiger partial charge in [0.25, 0.3) is 11.4 Å². The molecule has 0 fully saturated rings. The third-order valence-corrected chi connectivity index (χ3v) is 3.88. The number of nitro groups is 2. The number of hydrogen-bond acceptors (Lipinski definition) is 8. The molecule has 10 heteroatoms. The Bertz CT molecular complexity index is 970. The van der Waals surface area contributed by atoms with Gasteiger partial charge in [0, 0.05) is 35.4 Å². The van der Waals surface area contributed by atoms with E-state index in [9.17, 15) is 25.0 Å². The zero-order valence-electron chi connectivity index (χ0n) is 14.4. The maximum absolute atomic E-state index is 12.0. The topological polar surface area (TPSA) is 131 Å². The Hall–Kier alpha value is -3.79. The van der Waals surface area contributed by atoms with Gasteiger partial charge in [-0.25, -0.2) is 4.79 Å². The van der Waals surface area contributed by atoms with Crippen LogP contribution >= 0.6 is 0 Å². The van der Waals surface area contributed by atoms with Crippen LogP contribution in [0.5, 0.6) is 5.75 Å². The van der Waals surface area contributed by atoms with E-state index >= 15 is 0 Å². The fourth-order valence-corrected chi connectivity index (χ4v) is 2.64. The van der Waals surface area contributed by atoms with Crippen molar-refractivity contribution in [1.29, 1.82) is 0 Å². The lowest BCUT2D eigenvalue weighted by Crippen LogP contribution is -2.14. The number of carbonyl (C=O) groups is 1. The number of hydrogen-bond donors (Lipinski definition) is 0. The molecule has 0 bridgehead atoms. The first-order valence-corrected chi connectivity index (χ1v) is 8.04. The predicted molar refractivity (Wildman–Crippen MR) is 95.3 cm³/mol. The van der Waals surface area contributed by atoms with Crippen molar-refractivity contribution < 1.29 is 28.9 Å². The molecule has 1 aliphatic heterocycles. The zero-order valence-corrected chi connectivity index (χ0v) is 14.4. The molecule has 0 saturated heterocycles. The van der Waals surface area contributed by atoms with Gasteiger partial charge in [0.1, 0.15) is 12.4 Å². The number of esters is 1. The number of benzene rings is 2. The minimum absolute atomic E-state index is 0.0106. The van der Waals surface area contributed by atoms with Crippen LogP contribution in [0.15, 0.2) is 42.5 Å². The number of non-ortho nitro benzene ring substituents is 1. The van der Waals surface area contributed by atoms with Crippen LogP contribution in [0.3, 0.4) is 0 Å². The van der Waals surface area contributed by atoms with Crippen molar-refractivity contribution in [2.45, 2.75) is 13.2 Å². The second kappa shape index (κ2) is 8.27. The van der Waals surface area contributed by atoms with Gasteiger partial charge in [0.2, 0.25) is 0 Å². The van der Waals surface area contributed by atoms with Crippen LogP contribution < -0.4 is 4.74 Å². The Morgan fingerprint density at radius 3 is 2.71 bits per heavy atom. The van der Waals surface area contributed by atoms with Crippen LogP contribution in [-0.2, 0) is 27.5 Å². The maximum Gasteiger partial charge on any atom is 0.331 e. The minimum Gasteiger partial charge on any atom is -0.467 e. The van der Waals surface area contributed by atoms with Gasteiger partial charge in [-0.05, 0) is 12.1 Å². The Morgan fingerprint density at radius 1 is 1.18 bits per heavy atom. The molecule has 0 amide bonds. The molecule has 0 unspecified atom stereocenters. The van der Waals surface area contributed by atoms with Crippen LogP contribution in [0.4, 0.5) is 11.4 Å². The summed E-state index contributed by atoms with van der Waals surface area (Å²) in [5, 5.41) is 22.1. The first-order chi connectivity index (χ1) is 13.5. The molecular formula is C18H14N2O8. The SMILES string of the molecule is O=C(/C=C/c1ccccc1[N+](=O)[O-])OCc1cc([N+](=O)[O-])cc2c1OCOC2. The van der Waals surface area contributed by atoms with E-state index in [4.69, 9.17) is 14.2 Å². The van der Waals surface area contributed by atoms with Crippen molar-refractivity contribution in [2.24, 2.45) is 0 Å². The van der Waals surface area contributed by atoms with E-state index in [2.05, 4.69) is 0 Å². The standard InChI is InChI=1S/C18H14N2O8/c21-17(6-5-12-3-1-2-4-16(12)20(24)25)27-10-14-8-15(19(22)23)7-13-9-26-11-28-18(13)14/h1-8H,9-11H2/b6-5+. The molecule has 10 nitrogen and oxygen atoms in total. The third kappa shape index (κ3) is 4.30. The summed E-state index contributed by atoms with van der Waals surface area (Å²) in [5.74, 6) is -0.377. The summed E-state index contributed by atoms with van der Waals surface area (Å²) < 4.78 is 15.6.